The summed E-state index contributed by atoms with van der Waals surface area (Å²) >= 11 is 0. The van der Waals surface area contributed by atoms with Gasteiger partial charge in [-0.1, -0.05) is 0 Å². The highest BCUT2D eigenvalue weighted by atomic mass is 16.5. The molecule has 16 heavy (non-hydrogen) atoms. The standard InChI is InChI=1S/C10H20O6/c11-3-1-4-14-6-8-16-9-7-15-5-2-10(12)13/h11H,1-9H2,(H,12,13). The third-order valence-electron chi connectivity index (χ3n) is 1.65. The van der Waals surface area contributed by atoms with Crippen molar-refractivity contribution in [1.29, 1.82) is 0 Å². The summed E-state index contributed by atoms with van der Waals surface area (Å²) in [5.74, 6) is -0.863. The summed E-state index contributed by atoms with van der Waals surface area (Å²) in [5, 5.41) is 16.8. The lowest BCUT2D eigenvalue weighted by Crippen LogP contribution is -2.11. The Kier molecular flexibility index (Phi) is 11.8. The molecule has 0 saturated heterocycles. The second-order valence-corrected chi connectivity index (χ2v) is 3.06. The normalized spacial score (nSPS) is 10.6. The van der Waals surface area contributed by atoms with Crippen LogP contribution in [0.5, 0.6) is 0 Å². The summed E-state index contributed by atoms with van der Waals surface area (Å²) in [5.41, 5.74) is 0. The van der Waals surface area contributed by atoms with E-state index in [2.05, 4.69) is 0 Å². The monoisotopic (exact) mass is 236 g/mol. The average Bonchev–Trinajstić information content (AvgIpc) is 2.25. The van der Waals surface area contributed by atoms with E-state index in [4.69, 9.17) is 24.4 Å². The zero-order chi connectivity index (χ0) is 12.1. The lowest BCUT2D eigenvalue weighted by atomic mass is 10.5. The Morgan fingerprint density at radius 3 is 1.88 bits per heavy atom. The maximum absolute atomic E-state index is 10.1. The molecule has 0 bridgehead atoms. The maximum atomic E-state index is 10.1. The minimum absolute atomic E-state index is 0.0181. The van der Waals surface area contributed by atoms with Crippen LogP contribution in [0.2, 0.25) is 0 Å². The fourth-order valence-corrected chi connectivity index (χ4v) is 0.868. The molecule has 2 N–H and O–H groups in total. The lowest BCUT2D eigenvalue weighted by molar-refractivity contribution is -0.138. The van der Waals surface area contributed by atoms with Crippen LogP contribution in [0.3, 0.4) is 0 Å². The number of aliphatic hydroxyl groups is 1. The molecule has 0 rings (SSSR count). The molecule has 0 radical (unpaired) electrons. The van der Waals surface area contributed by atoms with Gasteiger partial charge in [0, 0.05) is 13.2 Å². The van der Waals surface area contributed by atoms with Gasteiger partial charge in [0.2, 0.25) is 0 Å². The predicted octanol–water partition coefficient (Wildman–Crippen LogP) is -0.107. The number of rotatable bonds is 12. The minimum atomic E-state index is -0.863. The number of aliphatic hydroxyl groups excluding tert-OH is 1. The second kappa shape index (κ2) is 12.4. The van der Waals surface area contributed by atoms with Crippen molar-refractivity contribution in [3.05, 3.63) is 0 Å². The molecule has 0 aromatic carbocycles. The highest BCUT2D eigenvalue weighted by molar-refractivity contribution is 5.66. The Morgan fingerprint density at radius 2 is 1.38 bits per heavy atom. The zero-order valence-electron chi connectivity index (χ0n) is 9.39. The highest BCUT2D eigenvalue weighted by Crippen LogP contribution is 1.85. The quantitative estimate of drug-likeness (QED) is 0.460. The Bertz CT molecular complexity index is 161. The highest BCUT2D eigenvalue weighted by Gasteiger charge is 1.96. The van der Waals surface area contributed by atoms with Gasteiger partial charge < -0.3 is 24.4 Å². The SMILES string of the molecule is O=C(O)CCOCCOCCOCCCO. The van der Waals surface area contributed by atoms with Crippen LogP contribution in [0.15, 0.2) is 0 Å². The van der Waals surface area contributed by atoms with Gasteiger partial charge >= 0.3 is 5.97 Å². The number of aliphatic carboxylic acids is 1. The molecule has 0 saturated carbocycles. The van der Waals surface area contributed by atoms with Gasteiger partial charge in [0.1, 0.15) is 0 Å². The van der Waals surface area contributed by atoms with Gasteiger partial charge in [-0.2, -0.15) is 0 Å². The molecule has 0 aromatic heterocycles. The van der Waals surface area contributed by atoms with Crippen molar-refractivity contribution in [3.63, 3.8) is 0 Å². The van der Waals surface area contributed by atoms with E-state index < -0.39 is 5.97 Å². The molecule has 96 valence electrons. The number of carboxylic acid groups (broad SMARTS) is 1. The lowest BCUT2D eigenvalue weighted by Gasteiger charge is -2.05. The number of carbonyl (C=O) groups is 1. The Balaban J connectivity index is 2.90. The van der Waals surface area contributed by atoms with Crippen LogP contribution in [-0.2, 0) is 19.0 Å². The van der Waals surface area contributed by atoms with Crippen molar-refractivity contribution in [2.45, 2.75) is 12.8 Å². The molecule has 0 aliphatic rings. The molecule has 0 heterocycles. The van der Waals surface area contributed by atoms with Crippen LogP contribution in [-0.4, -0.2) is 62.4 Å². The first-order chi connectivity index (χ1) is 7.77. The Hall–Kier alpha value is -0.690. The van der Waals surface area contributed by atoms with Crippen LogP contribution >= 0.6 is 0 Å². The van der Waals surface area contributed by atoms with Crippen molar-refractivity contribution < 1.29 is 29.2 Å². The summed E-state index contributed by atoms with van der Waals surface area (Å²) in [4.78, 5) is 10.1. The van der Waals surface area contributed by atoms with E-state index in [0.29, 0.717) is 39.5 Å². The summed E-state index contributed by atoms with van der Waals surface area (Å²) in [6.45, 7) is 2.69. The van der Waals surface area contributed by atoms with Gasteiger partial charge in [-0.3, -0.25) is 4.79 Å². The van der Waals surface area contributed by atoms with Crippen LogP contribution < -0.4 is 0 Å². The van der Waals surface area contributed by atoms with Gasteiger partial charge in [0.25, 0.3) is 0 Å². The summed E-state index contributed by atoms with van der Waals surface area (Å²) in [7, 11) is 0. The molecule has 0 spiro atoms. The Morgan fingerprint density at radius 1 is 0.875 bits per heavy atom. The maximum Gasteiger partial charge on any atom is 0.305 e. The van der Waals surface area contributed by atoms with Gasteiger partial charge in [-0.15, -0.1) is 0 Å². The first kappa shape index (κ1) is 15.3. The molecular weight excluding hydrogens is 216 g/mol. The zero-order valence-corrected chi connectivity index (χ0v) is 9.39. The first-order valence-electron chi connectivity index (χ1n) is 5.33. The first-order valence-corrected chi connectivity index (χ1v) is 5.33. The minimum Gasteiger partial charge on any atom is -0.481 e. The molecule has 0 aliphatic carbocycles. The van der Waals surface area contributed by atoms with Crippen molar-refractivity contribution >= 4 is 5.97 Å². The van der Waals surface area contributed by atoms with Crippen molar-refractivity contribution in [2.75, 3.05) is 46.2 Å². The third kappa shape index (κ3) is 13.3. The van der Waals surface area contributed by atoms with Crippen LogP contribution in [0.1, 0.15) is 12.8 Å². The van der Waals surface area contributed by atoms with E-state index >= 15 is 0 Å². The molecule has 6 nitrogen and oxygen atoms in total. The summed E-state index contributed by atoms with van der Waals surface area (Å²) in [6, 6.07) is 0. The van der Waals surface area contributed by atoms with Gasteiger partial charge in [-0.25, -0.2) is 0 Å². The van der Waals surface area contributed by atoms with E-state index in [0.717, 1.165) is 0 Å². The number of hydrogen-bond donors (Lipinski definition) is 2. The van der Waals surface area contributed by atoms with E-state index in [1.54, 1.807) is 0 Å². The topological polar surface area (TPSA) is 85.2 Å². The smallest absolute Gasteiger partial charge is 0.305 e. The van der Waals surface area contributed by atoms with E-state index in [1.807, 2.05) is 0 Å². The van der Waals surface area contributed by atoms with Gasteiger partial charge in [0.15, 0.2) is 0 Å². The summed E-state index contributed by atoms with van der Waals surface area (Å²) < 4.78 is 15.3. The van der Waals surface area contributed by atoms with E-state index in [1.165, 1.54) is 0 Å². The molecular formula is C10H20O6. The number of carboxylic acids is 1. The fraction of sp³-hybridized carbons (Fsp3) is 0.900. The van der Waals surface area contributed by atoms with Crippen molar-refractivity contribution in [1.82, 2.24) is 0 Å². The third-order valence-corrected chi connectivity index (χ3v) is 1.65. The molecule has 0 aliphatic heterocycles. The molecule has 6 heteroatoms. The van der Waals surface area contributed by atoms with Gasteiger partial charge in [0.05, 0.1) is 39.5 Å². The number of ether oxygens (including phenoxy) is 3. The summed E-state index contributed by atoms with van der Waals surface area (Å²) in [6.07, 6.45) is 0.655. The second-order valence-electron chi connectivity index (χ2n) is 3.06. The van der Waals surface area contributed by atoms with E-state index in [-0.39, 0.29) is 19.6 Å². The van der Waals surface area contributed by atoms with Crippen molar-refractivity contribution in [2.24, 2.45) is 0 Å². The molecule has 0 atom stereocenters. The average molecular weight is 236 g/mol. The largest absolute Gasteiger partial charge is 0.481 e. The Labute approximate surface area is 95.1 Å². The van der Waals surface area contributed by atoms with Crippen molar-refractivity contribution in [3.8, 4) is 0 Å². The van der Waals surface area contributed by atoms with E-state index in [9.17, 15) is 4.79 Å². The van der Waals surface area contributed by atoms with Crippen LogP contribution in [0.25, 0.3) is 0 Å². The van der Waals surface area contributed by atoms with Gasteiger partial charge in [-0.05, 0) is 6.42 Å². The fourth-order valence-electron chi connectivity index (χ4n) is 0.868. The molecule has 0 amide bonds. The molecule has 0 fully saturated rings. The predicted molar refractivity (Wildman–Crippen MR) is 56.4 cm³/mol. The van der Waals surface area contributed by atoms with Crippen LogP contribution in [0.4, 0.5) is 0 Å². The van der Waals surface area contributed by atoms with Crippen LogP contribution in [0, 0.1) is 0 Å². The molecule has 0 unspecified atom stereocenters. The molecule has 0 aromatic rings. The number of hydrogen-bond acceptors (Lipinski definition) is 5.